The van der Waals surface area contributed by atoms with E-state index in [1.807, 2.05) is 0 Å². The maximum atomic E-state index is 3.59. The van der Waals surface area contributed by atoms with Crippen LogP contribution in [0.4, 0.5) is 5.69 Å². The average molecular weight is 218 g/mol. The van der Waals surface area contributed by atoms with Crippen molar-refractivity contribution < 1.29 is 0 Å². The lowest BCUT2D eigenvalue weighted by Crippen LogP contribution is -2.42. The normalized spacial score (nSPS) is 25.3. The molecule has 2 rings (SSSR count). The van der Waals surface area contributed by atoms with E-state index in [9.17, 15) is 0 Å². The summed E-state index contributed by atoms with van der Waals surface area (Å²) in [6, 6.07) is 11.1. The molecule has 1 aliphatic rings. The average Bonchev–Trinajstić information content (AvgIpc) is 2.38. The quantitative estimate of drug-likeness (QED) is 0.812. The van der Waals surface area contributed by atoms with Gasteiger partial charge in [-0.25, -0.2) is 0 Å². The smallest absolute Gasteiger partial charge is 0.0340 e. The van der Waals surface area contributed by atoms with Crippen molar-refractivity contribution in [2.75, 3.05) is 18.4 Å². The molecule has 2 atom stereocenters. The summed E-state index contributed by atoms with van der Waals surface area (Å²) in [6.07, 6.45) is 3.98. The Hall–Kier alpha value is -1.02. The second-order valence-electron chi connectivity index (χ2n) is 4.70. The van der Waals surface area contributed by atoms with Gasteiger partial charge >= 0.3 is 0 Å². The molecule has 0 radical (unpaired) electrons. The minimum absolute atomic E-state index is 0.638. The van der Waals surface area contributed by atoms with Gasteiger partial charge in [-0.05, 0) is 37.4 Å². The molecule has 1 saturated heterocycles. The van der Waals surface area contributed by atoms with Crippen molar-refractivity contribution in [3.63, 3.8) is 0 Å². The Balaban J connectivity index is 1.77. The van der Waals surface area contributed by atoms with Crippen molar-refractivity contribution in [2.45, 2.75) is 32.2 Å². The predicted molar refractivity (Wildman–Crippen MR) is 69.7 cm³/mol. The third-order valence-electron chi connectivity index (χ3n) is 3.51. The van der Waals surface area contributed by atoms with Gasteiger partial charge in [0.05, 0.1) is 0 Å². The molecule has 0 aliphatic carbocycles. The maximum absolute atomic E-state index is 3.59. The third kappa shape index (κ3) is 3.24. The molecule has 0 bridgehead atoms. The minimum atomic E-state index is 0.638. The Kier molecular flexibility index (Phi) is 4.23. The lowest BCUT2D eigenvalue weighted by atomic mass is 9.90. The zero-order valence-electron chi connectivity index (χ0n) is 10.1. The molecule has 16 heavy (non-hydrogen) atoms. The molecule has 2 heteroatoms. The van der Waals surface area contributed by atoms with Gasteiger partial charge in [0.2, 0.25) is 0 Å². The van der Waals surface area contributed by atoms with Gasteiger partial charge in [-0.15, -0.1) is 0 Å². The summed E-state index contributed by atoms with van der Waals surface area (Å²) in [6.45, 7) is 4.53. The number of anilines is 1. The molecule has 1 aromatic carbocycles. The molecular weight excluding hydrogens is 196 g/mol. The largest absolute Gasteiger partial charge is 0.383 e. The van der Waals surface area contributed by atoms with E-state index in [2.05, 4.69) is 47.9 Å². The molecule has 1 aliphatic heterocycles. The van der Waals surface area contributed by atoms with Crippen molar-refractivity contribution >= 4 is 5.69 Å². The van der Waals surface area contributed by atoms with Crippen LogP contribution in [0.2, 0.25) is 0 Å². The van der Waals surface area contributed by atoms with E-state index in [0.29, 0.717) is 6.04 Å². The highest BCUT2D eigenvalue weighted by molar-refractivity contribution is 5.42. The summed E-state index contributed by atoms with van der Waals surface area (Å²) < 4.78 is 0. The van der Waals surface area contributed by atoms with Crippen LogP contribution in [-0.2, 0) is 0 Å². The zero-order chi connectivity index (χ0) is 11.2. The number of para-hydroxylation sites is 1. The van der Waals surface area contributed by atoms with Crippen LogP contribution in [-0.4, -0.2) is 19.1 Å². The Labute approximate surface area is 98.4 Å². The van der Waals surface area contributed by atoms with Gasteiger partial charge in [-0.1, -0.05) is 31.5 Å². The Morgan fingerprint density at radius 2 is 2.12 bits per heavy atom. The number of piperidine rings is 1. The molecule has 1 aromatic rings. The van der Waals surface area contributed by atoms with Crippen LogP contribution in [0.1, 0.15) is 26.2 Å². The fourth-order valence-electron chi connectivity index (χ4n) is 2.42. The maximum Gasteiger partial charge on any atom is 0.0340 e. The fraction of sp³-hybridized carbons (Fsp3) is 0.571. The highest BCUT2D eigenvalue weighted by Gasteiger charge is 2.19. The molecule has 2 unspecified atom stereocenters. The lowest BCUT2D eigenvalue weighted by Gasteiger charge is -2.30. The van der Waals surface area contributed by atoms with E-state index < -0.39 is 0 Å². The van der Waals surface area contributed by atoms with E-state index in [0.717, 1.165) is 12.5 Å². The number of nitrogens with one attached hydrogen (secondary N) is 2. The standard InChI is InChI=1S/C14H22N2/c1-2-12-8-9-15-14(10-12)11-16-13-6-4-3-5-7-13/h3-7,12,14-16H,2,8-11H2,1H3. The molecule has 0 spiro atoms. The van der Waals surface area contributed by atoms with Crippen molar-refractivity contribution in [2.24, 2.45) is 5.92 Å². The first-order valence-electron chi connectivity index (χ1n) is 6.40. The summed E-state index contributed by atoms with van der Waals surface area (Å²) in [5.74, 6) is 0.920. The first-order chi connectivity index (χ1) is 7.88. The summed E-state index contributed by atoms with van der Waals surface area (Å²) in [5.41, 5.74) is 1.22. The Bertz CT molecular complexity index is 297. The summed E-state index contributed by atoms with van der Waals surface area (Å²) in [4.78, 5) is 0. The summed E-state index contributed by atoms with van der Waals surface area (Å²) >= 11 is 0. The molecule has 1 heterocycles. The van der Waals surface area contributed by atoms with E-state index >= 15 is 0 Å². The van der Waals surface area contributed by atoms with Gasteiger partial charge in [0, 0.05) is 18.3 Å². The molecule has 0 saturated carbocycles. The number of hydrogen-bond donors (Lipinski definition) is 2. The van der Waals surface area contributed by atoms with E-state index in [1.54, 1.807) is 0 Å². The topological polar surface area (TPSA) is 24.1 Å². The van der Waals surface area contributed by atoms with Gasteiger partial charge in [0.25, 0.3) is 0 Å². The highest BCUT2D eigenvalue weighted by atomic mass is 15.0. The molecule has 2 nitrogen and oxygen atoms in total. The van der Waals surface area contributed by atoms with Crippen molar-refractivity contribution in [3.8, 4) is 0 Å². The van der Waals surface area contributed by atoms with Crippen LogP contribution in [0.25, 0.3) is 0 Å². The molecule has 88 valence electrons. The second kappa shape index (κ2) is 5.90. The monoisotopic (exact) mass is 218 g/mol. The fourth-order valence-corrected chi connectivity index (χ4v) is 2.42. The first-order valence-corrected chi connectivity index (χ1v) is 6.40. The van der Waals surface area contributed by atoms with Gasteiger partial charge in [-0.3, -0.25) is 0 Å². The van der Waals surface area contributed by atoms with Crippen LogP contribution >= 0.6 is 0 Å². The summed E-state index contributed by atoms with van der Waals surface area (Å²) in [7, 11) is 0. The van der Waals surface area contributed by atoms with Crippen LogP contribution in [0.3, 0.4) is 0 Å². The Morgan fingerprint density at radius 1 is 1.31 bits per heavy atom. The van der Waals surface area contributed by atoms with Crippen LogP contribution in [0.15, 0.2) is 30.3 Å². The second-order valence-corrected chi connectivity index (χ2v) is 4.70. The Morgan fingerprint density at radius 3 is 2.88 bits per heavy atom. The highest BCUT2D eigenvalue weighted by Crippen LogP contribution is 2.19. The van der Waals surface area contributed by atoms with Crippen molar-refractivity contribution in [3.05, 3.63) is 30.3 Å². The third-order valence-corrected chi connectivity index (χ3v) is 3.51. The lowest BCUT2D eigenvalue weighted by molar-refractivity contribution is 0.303. The molecule has 0 amide bonds. The van der Waals surface area contributed by atoms with Crippen molar-refractivity contribution in [1.82, 2.24) is 5.32 Å². The zero-order valence-corrected chi connectivity index (χ0v) is 10.1. The van der Waals surface area contributed by atoms with Crippen LogP contribution < -0.4 is 10.6 Å². The molecule has 2 N–H and O–H groups in total. The van der Waals surface area contributed by atoms with Gasteiger partial charge in [0.1, 0.15) is 0 Å². The molecule has 0 aromatic heterocycles. The van der Waals surface area contributed by atoms with Crippen LogP contribution in [0, 0.1) is 5.92 Å². The van der Waals surface area contributed by atoms with Gasteiger partial charge in [-0.2, -0.15) is 0 Å². The van der Waals surface area contributed by atoms with E-state index in [4.69, 9.17) is 0 Å². The molecular formula is C14H22N2. The van der Waals surface area contributed by atoms with Gasteiger partial charge < -0.3 is 10.6 Å². The number of rotatable bonds is 4. The van der Waals surface area contributed by atoms with Crippen LogP contribution in [0.5, 0.6) is 0 Å². The minimum Gasteiger partial charge on any atom is -0.383 e. The molecule has 1 fully saturated rings. The van der Waals surface area contributed by atoms with E-state index in [1.165, 1.54) is 31.5 Å². The summed E-state index contributed by atoms with van der Waals surface area (Å²) in [5, 5.41) is 7.09. The number of benzene rings is 1. The van der Waals surface area contributed by atoms with Gasteiger partial charge in [0.15, 0.2) is 0 Å². The van der Waals surface area contributed by atoms with E-state index in [-0.39, 0.29) is 0 Å². The SMILES string of the molecule is CCC1CCNC(CNc2ccccc2)C1. The predicted octanol–water partition coefficient (Wildman–Crippen LogP) is 2.88. The first kappa shape index (κ1) is 11.5. The number of hydrogen-bond acceptors (Lipinski definition) is 2. The van der Waals surface area contributed by atoms with Crippen molar-refractivity contribution in [1.29, 1.82) is 0 Å².